The number of nitrogens with zero attached hydrogens (tertiary/aromatic N) is 2. The van der Waals surface area contributed by atoms with E-state index in [0.717, 1.165) is 37.6 Å². The number of hydrogen-bond donors (Lipinski definition) is 2. The number of rotatable bonds is 8. The van der Waals surface area contributed by atoms with E-state index in [4.69, 9.17) is 17.3 Å². The lowest BCUT2D eigenvalue weighted by Gasteiger charge is -2.28. The molecule has 43 heavy (non-hydrogen) atoms. The first-order chi connectivity index (χ1) is 20.5. The van der Waals surface area contributed by atoms with Gasteiger partial charge in [0.2, 0.25) is 0 Å². The summed E-state index contributed by atoms with van der Waals surface area (Å²) in [7, 11) is 0. The summed E-state index contributed by atoms with van der Waals surface area (Å²) >= 11 is 5.92. The zero-order valence-corrected chi connectivity index (χ0v) is 25.6. The number of carbonyl (C=O) groups is 1. The first-order valence-corrected chi connectivity index (χ1v) is 15.4. The summed E-state index contributed by atoms with van der Waals surface area (Å²) < 4.78 is 39.3. The highest BCUT2D eigenvalue weighted by molar-refractivity contribution is 6.34. The number of hydrogen-bond acceptors (Lipinski definition) is 4. The van der Waals surface area contributed by atoms with Gasteiger partial charge >= 0.3 is 6.18 Å². The monoisotopic (exact) mass is 614 g/mol. The zero-order valence-electron chi connectivity index (χ0n) is 24.9. The summed E-state index contributed by atoms with van der Waals surface area (Å²) in [6, 6.07) is 24.1. The summed E-state index contributed by atoms with van der Waals surface area (Å²) in [4.78, 5) is 17.6. The van der Waals surface area contributed by atoms with Crippen LogP contribution < -0.4 is 11.1 Å². The summed E-state index contributed by atoms with van der Waals surface area (Å²) in [5.41, 5.74) is 7.16. The Bertz CT molecular complexity index is 1310. The highest BCUT2D eigenvalue weighted by Gasteiger charge is 2.35. The molecular formula is C34H42ClF3N4O. The van der Waals surface area contributed by atoms with Crippen LogP contribution in [0.2, 0.25) is 5.02 Å². The van der Waals surface area contributed by atoms with Crippen LogP contribution in [-0.2, 0) is 6.18 Å². The molecule has 0 saturated carbocycles. The first-order valence-electron chi connectivity index (χ1n) is 15.0. The number of nitrogens with one attached hydrogen (secondary N) is 1. The molecule has 2 unspecified atom stereocenters. The molecular weight excluding hydrogens is 573 g/mol. The molecule has 1 amide bonds. The molecule has 4 atom stereocenters. The van der Waals surface area contributed by atoms with Gasteiger partial charge in [0.15, 0.2) is 0 Å². The lowest BCUT2D eigenvalue weighted by molar-refractivity contribution is -0.137. The molecule has 3 aromatic carbocycles. The molecule has 2 aliphatic rings. The minimum atomic E-state index is -4.61. The van der Waals surface area contributed by atoms with Crippen molar-refractivity contribution in [2.75, 3.05) is 26.2 Å². The predicted molar refractivity (Wildman–Crippen MR) is 167 cm³/mol. The second-order valence-corrected chi connectivity index (χ2v) is 12.0. The van der Waals surface area contributed by atoms with Gasteiger partial charge in [-0.2, -0.15) is 13.2 Å². The molecule has 0 spiro atoms. The Morgan fingerprint density at radius 1 is 0.860 bits per heavy atom. The fourth-order valence-electron chi connectivity index (χ4n) is 5.90. The van der Waals surface area contributed by atoms with E-state index in [9.17, 15) is 18.0 Å². The Kier molecular flexibility index (Phi) is 11.7. The van der Waals surface area contributed by atoms with Gasteiger partial charge in [0, 0.05) is 31.2 Å². The number of amides is 1. The van der Waals surface area contributed by atoms with Crippen LogP contribution in [0.25, 0.3) is 0 Å². The average Bonchev–Trinajstić information content (AvgIpc) is 3.60. The van der Waals surface area contributed by atoms with Crippen molar-refractivity contribution in [1.29, 1.82) is 0 Å². The molecule has 3 aromatic rings. The third-order valence-corrected chi connectivity index (χ3v) is 8.92. The van der Waals surface area contributed by atoms with Crippen LogP contribution in [0.4, 0.5) is 13.2 Å². The lowest BCUT2D eigenvalue weighted by Crippen LogP contribution is -2.39. The van der Waals surface area contributed by atoms with E-state index in [0.29, 0.717) is 18.6 Å². The Balaban J connectivity index is 0.000000237. The third kappa shape index (κ3) is 9.05. The molecule has 9 heteroatoms. The Labute approximate surface area is 258 Å². The van der Waals surface area contributed by atoms with Crippen molar-refractivity contribution in [3.05, 3.63) is 106 Å². The molecule has 3 N–H and O–H groups in total. The molecule has 0 radical (unpaired) electrons. The average molecular weight is 615 g/mol. The lowest BCUT2D eigenvalue weighted by atomic mass is 10.0. The van der Waals surface area contributed by atoms with E-state index in [2.05, 4.69) is 53.2 Å². The molecule has 2 heterocycles. The molecule has 5 nitrogen and oxygen atoms in total. The third-order valence-electron chi connectivity index (χ3n) is 8.51. The number of halogens is 4. The van der Waals surface area contributed by atoms with Crippen molar-refractivity contribution in [2.24, 2.45) is 5.73 Å². The van der Waals surface area contributed by atoms with E-state index in [1.165, 1.54) is 37.1 Å². The summed E-state index contributed by atoms with van der Waals surface area (Å²) in [6.45, 7) is 8.16. The largest absolute Gasteiger partial charge is 0.417 e. The standard InChI is InChI=1S/C21H22ClF3N2O.C13H20N2/c1-14-7-6-12-27(14)13-18(15-8-3-2-4-9-15)26-20(28)16-10-5-11-17(19(16)22)21(23,24)25;1-11-6-5-9-15(11)10-13(14)12-7-3-2-4-8-12/h2-5,8-11,14,18H,6-7,12-13H2,1H3,(H,26,28);2-4,7-8,11,13H,5-6,9-10,14H2,1H3/t14?,18-;11?,13-/m11/s1. The Hall–Kier alpha value is -2.91. The first kappa shape index (κ1) is 33.0. The van der Waals surface area contributed by atoms with Gasteiger partial charge in [0.1, 0.15) is 0 Å². The van der Waals surface area contributed by atoms with Crippen molar-refractivity contribution >= 4 is 17.5 Å². The van der Waals surface area contributed by atoms with Gasteiger partial charge in [-0.3, -0.25) is 14.6 Å². The number of benzene rings is 3. The van der Waals surface area contributed by atoms with Crippen molar-refractivity contribution in [2.45, 2.75) is 69.9 Å². The topological polar surface area (TPSA) is 61.6 Å². The minimum Gasteiger partial charge on any atom is -0.344 e. The second-order valence-electron chi connectivity index (χ2n) is 11.6. The maximum atomic E-state index is 13.1. The number of nitrogens with two attached hydrogens (primary N) is 1. The highest BCUT2D eigenvalue weighted by Crippen LogP contribution is 2.36. The molecule has 2 saturated heterocycles. The van der Waals surface area contributed by atoms with E-state index in [-0.39, 0.29) is 17.6 Å². The molecule has 0 aromatic heterocycles. The van der Waals surface area contributed by atoms with Crippen LogP contribution in [0.5, 0.6) is 0 Å². The Morgan fingerprint density at radius 2 is 1.40 bits per heavy atom. The van der Waals surface area contributed by atoms with Gasteiger partial charge in [-0.25, -0.2) is 0 Å². The molecule has 0 bridgehead atoms. The predicted octanol–water partition coefficient (Wildman–Crippen LogP) is 7.48. The van der Waals surface area contributed by atoms with Crippen molar-refractivity contribution in [1.82, 2.24) is 15.1 Å². The van der Waals surface area contributed by atoms with Crippen LogP contribution in [0.3, 0.4) is 0 Å². The number of carbonyl (C=O) groups excluding carboxylic acids is 1. The normalized spacial score (nSPS) is 20.7. The molecule has 0 aliphatic carbocycles. The van der Waals surface area contributed by atoms with Crippen LogP contribution in [-0.4, -0.2) is 54.0 Å². The molecule has 2 aliphatic heterocycles. The minimum absolute atomic E-state index is 0.159. The maximum absolute atomic E-state index is 13.1. The molecule has 232 valence electrons. The van der Waals surface area contributed by atoms with E-state index >= 15 is 0 Å². The van der Waals surface area contributed by atoms with Crippen LogP contribution in [0.15, 0.2) is 78.9 Å². The summed E-state index contributed by atoms with van der Waals surface area (Å²) in [5.74, 6) is -0.614. The summed E-state index contributed by atoms with van der Waals surface area (Å²) in [6.07, 6.45) is 0.215. The van der Waals surface area contributed by atoms with Crippen molar-refractivity contribution in [3.63, 3.8) is 0 Å². The Morgan fingerprint density at radius 3 is 1.91 bits per heavy atom. The SMILES string of the molecule is CC1CCCN1C[C@@H](N)c1ccccc1.CC1CCCN1C[C@@H](NC(=O)c1cccc(C(F)(F)F)c1Cl)c1ccccc1. The zero-order chi connectivity index (χ0) is 31.0. The molecule has 2 fully saturated rings. The fourth-order valence-corrected chi connectivity index (χ4v) is 6.22. The van der Waals surface area contributed by atoms with E-state index in [1.807, 2.05) is 36.4 Å². The smallest absolute Gasteiger partial charge is 0.344 e. The van der Waals surface area contributed by atoms with Gasteiger partial charge in [-0.15, -0.1) is 0 Å². The van der Waals surface area contributed by atoms with Crippen LogP contribution in [0.1, 0.15) is 78.7 Å². The van der Waals surface area contributed by atoms with Crippen molar-refractivity contribution in [3.8, 4) is 0 Å². The van der Waals surface area contributed by atoms with Gasteiger partial charge in [0.25, 0.3) is 5.91 Å². The number of likely N-dealkylation sites (tertiary alicyclic amines) is 2. The quantitative estimate of drug-likeness (QED) is 0.276. The van der Waals surface area contributed by atoms with Crippen LogP contribution in [0, 0.1) is 0 Å². The van der Waals surface area contributed by atoms with Gasteiger partial charge in [-0.05, 0) is 75.9 Å². The second kappa shape index (κ2) is 15.2. The van der Waals surface area contributed by atoms with Gasteiger partial charge in [-0.1, -0.05) is 78.3 Å². The van der Waals surface area contributed by atoms with Gasteiger partial charge in [0.05, 0.1) is 22.2 Å². The fraction of sp³-hybridized carbons (Fsp3) is 0.441. The summed E-state index contributed by atoms with van der Waals surface area (Å²) in [5, 5.41) is 2.31. The van der Waals surface area contributed by atoms with E-state index < -0.39 is 22.7 Å². The van der Waals surface area contributed by atoms with Crippen molar-refractivity contribution < 1.29 is 18.0 Å². The maximum Gasteiger partial charge on any atom is 0.417 e. The number of alkyl halides is 3. The van der Waals surface area contributed by atoms with Gasteiger partial charge < -0.3 is 11.1 Å². The van der Waals surface area contributed by atoms with Crippen LogP contribution >= 0.6 is 11.6 Å². The highest BCUT2D eigenvalue weighted by atomic mass is 35.5. The molecule has 5 rings (SSSR count). The van der Waals surface area contributed by atoms with E-state index in [1.54, 1.807) is 0 Å².